The molecule has 108 valence electrons. The molecule has 1 aliphatic carbocycles. The first-order valence-corrected chi connectivity index (χ1v) is 7.46. The Labute approximate surface area is 117 Å². The van der Waals surface area contributed by atoms with Crippen LogP contribution in [0.4, 0.5) is 0 Å². The van der Waals surface area contributed by atoms with Gasteiger partial charge in [0.2, 0.25) is 0 Å². The van der Waals surface area contributed by atoms with Crippen molar-refractivity contribution in [2.75, 3.05) is 13.6 Å². The fraction of sp³-hybridized carbons (Fsp3) is 0.800. The second-order valence-electron chi connectivity index (χ2n) is 6.09. The van der Waals surface area contributed by atoms with Gasteiger partial charge in [-0.1, -0.05) is 19.8 Å². The SMILES string of the molecule is Cc1nn(C)cc1C(CN)N(C)C1CCCCC1C. The molecular weight excluding hydrogens is 236 g/mol. The summed E-state index contributed by atoms with van der Waals surface area (Å²) in [5.74, 6) is 0.768. The van der Waals surface area contributed by atoms with E-state index < -0.39 is 0 Å². The number of hydrogen-bond acceptors (Lipinski definition) is 3. The van der Waals surface area contributed by atoms with Gasteiger partial charge in [0.05, 0.1) is 11.7 Å². The average Bonchev–Trinajstić information content (AvgIpc) is 2.70. The molecule has 3 atom stereocenters. The molecule has 3 unspecified atom stereocenters. The zero-order valence-corrected chi connectivity index (χ0v) is 12.8. The Kier molecular flexibility index (Phi) is 4.63. The first kappa shape index (κ1) is 14.5. The average molecular weight is 264 g/mol. The first-order valence-electron chi connectivity index (χ1n) is 7.46. The van der Waals surface area contributed by atoms with Crippen LogP contribution in [0.2, 0.25) is 0 Å². The van der Waals surface area contributed by atoms with Crippen LogP contribution in [0.25, 0.3) is 0 Å². The minimum atomic E-state index is 0.291. The molecule has 2 rings (SSSR count). The van der Waals surface area contributed by atoms with Gasteiger partial charge in [0.25, 0.3) is 0 Å². The summed E-state index contributed by atoms with van der Waals surface area (Å²) in [4.78, 5) is 2.49. The van der Waals surface area contributed by atoms with Gasteiger partial charge in [-0.25, -0.2) is 0 Å². The predicted molar refractivity (Wildman–Crippen MR) is 78.9 cm³/mol. The van der Waals surface area contributed by atoms with Gasteiger partial charge >= 0.3 is 0 Å². The van der Waals surface area contributed by atoms with Crippen molar-refractivity contribution >= 4 is 0 Å². The minimum Gasteiger partial charge on any atom is -0.329 e. The molecule has 1 saturated carbocycles. The maximum Gasteiger partial charge on any atom is 0.0641 e. The van der Waals surface area contributed by atoms with E-state index in [1.165, 1.54) is 31.2 Å². The van der Waals surface area contributed by atoms with Crippen molar-refractivity contribution in [2.24, 2.45) is 18.7 Å². The van der Waals surface area contributed by atoms with Gasteiger partial charge in [-0.3, -0.25) is 9.58 Å². The zero-order valence-electron chi connectivity index (χ0n) is 12.8. The molecule has 1 heterocycles. The largest absolute Gasteiger partial charge is 0.329 e. The van der Waals surface area contributed by atoms with E-state index in [0.29, 0.717) is 18.6 Å². The topological polar surface area (TPSA) is 47.1 Å². The molecule has 0 aromatic carbocycles. The highest BCUT2D eigenvalue weighted by Gasteiger charge is 2.30. The van der Waals surface area contributed by atoms with Crippen LogP contribution in [-0.4, -0.2) is 34.3 Å². The van der Waals surface area contributed by atoms with Crippen molar-refractivity contribution < 1.29 is 0 Å². The van der Waals surface area contributed by atoms with Crippen LogP contribution in [0.1, 0.15) is 49.9 Å². The summed E-state index contributed by atoms with van der Waals surface area (Å²) in [7, 11) is 4.21. The summed E-state index contributed by atoms with van der Waals surface area (Å²) < 4.78 is 1.89. The highest BCUT2D eigenvalue weighted by molar-refractivity contribution is 5.21. The molecule has 1 aromatic heterocycles. The van der Waals surface area contributed by atoms with Crippen LogP contribution in [0, 0.1) is 12.8 Å². The van der Waals surface area contributed by atoms with Gasteiger partial charge < -0.3 is 5.73 Å². The highest BCUT2D eigenvalue weighted by atomic mass is 15.3. The van der Waals surface area contributed by atoms with E-state index >= 15 is 0 Å². The third-order valence-electron chi connectivity index (χ3n) is 4.71. The highest BCUT2D eigenvalue weighted by Crippen LogP contribution is 2.32. The van der Waals surface area contributed by atoms with E-state index in [0.717, 1.165) is 11.6 Å². The van der Waals surface area contributed by atoms with E-state index in [2.05, 4.69) is 37.1 Å². The van der Waals surface area contributed by atoms with Gasteiger partial charge in [0, 0.05) is 31.4 Å². The summed E-state index contributed by atoms with van der Waals surface area (Å²) in [5.41, 5.74) is 8.44. The maximum atomic E-state index is 6.06. The van der Waals surface area contributed by atoms with Gasteiger partial charge in [-0.05, 0) is 32.7 Å². The van der Waals surface area contributed by atoms with Gasteiger partial charge in [-0.2, -0.15) is 5.10 Å². The second kappa shape index (κ2) is 6.06. The third-order valence-corrected chi connectivity index (χ3v) is 4.71. The molecule has 1 fully saturated rings. The Bertz CT molecular complexity index is 412. The molecule has 0 amide bonds. The molecule has 4 nitrogen and oxygen atoms in total. The number of rotatable bonds is 4. The number of nitrogens with two attached hydrogens (primary N) is 1. The Hall–Kier alpha value is -0.870. The fourth-order valence-electron chi connectivity index (χ4n) is 3.59. The molecule has 4 heteroatoms. The van der Waals surface area contributed by atoms with Gasteiger partial charge in [0.1, 0.15) is 0 Å². The summed E-state index contributed by atoms with van der Waals surface area (Å²) in [5, 5.41) is 4.46. The van der Waals surface area contributed by atoms with Crippen molar-refractivity contribution in [1.82, 2.24) is 14.7 Å². The quantitative estimate of drug-likeness (QED) is 0.907. The van der Waals surface area contributed by atoms with E-state index in [4.69, 9.17) is 5.73 Å². The lowest BCUT2D eigenvalue weighted by molar-refractivity contribution is 0.0989. The fourth-order valence-corrected chi connectivity index (χ4v) is 3.59. The lowest BCUT2D eigenvalue weighted by Gasteiger charge is -2.40. The normalized spacial score (nSPS) is 25.8. The van der Waals surface area contributed by atoms with E-state index in [1.54, 1.807) is 0 Å². The lowest BCUT2D eigenvalue weighted by Crippen LogP contribution is -2.43. The molecule has 0 radical (unpaired) electrons. The molecular formula is C15H28N4. The molecule has 1 aromatic rings. The van der Waals surface area contributed by atoms with Crippen LogP contribution in [0.3, 0.4) is 0 Å². The molecule has 0 saturated heterocycles. The van der Waals surface area contributed by atoms with Crippen LogP contribution < -0.4 is 5.73 Å². The Morgan fingerprint density at radius 2 is 2.16 bits per heavy atom. The van der Waals surface area contributed by atoms with E-state index in [-0.39, 0.29) is 0 Å². The number of nitrogens with zero attached hydrogens (tertiary/aromatic N) is 3. The van der Waals surface area contributed by atoms with Crippen molar-refractivity contribution in [3.05, 3.63) is 17.5 Å². The minimum absolute atomic E-state index is 0.291. The molecule has 1 aliphatic rings. The van der Waals surface area contributed by atoms with Gasteiger partial charge in [-0.15, -0.1) is 0 Å². The third kappa shape index (κ3) is 3.00. The van der Waals surface area contributed by atoms with Crippen molar-refractivity contribution in [2.45, 2.75) is 51.6 Å². The standard InChI is InChI=1S/C15H28N4/c1-11-7-5-6-8-14(11)19(4)15(9-16)13-10-18(3)17-12(13)2/h10-11,14-15H,5-9,16H2,1-4H3. The van der Waals surface area contributed by atoms with Crippen LogP contribution in [0.5, 0.6) is 0 Å². The molecule has 0 bridgehead atoms. The second-order valence-corrected chi connectivity index (χ2v) is 6.09. The molecule has 2 N–H and O–H groups in total. The predicted octanol–water partition coefficient (Wildman–Crippen LogP) is 2.24. The van der Waals surface area contributed by atoms with E-state index in [9.17, 15) is 0 Å². The maximum absolute atomic E-state index is 6.06. The number of aromatic nitrogens is 2. The first-order chi connectivity index (χ1) is 9.04. The lowest BCUT2D eigenvalue weighted by atomic mass is 9.84. The summed E-state index contributed by atoms with van der Waals surface area (Å²) in [6, 6.07) is 0.946. The molecule has 0 aliphatic heterocycles. The number of hydrogen-bond donors (Lipinski definition) is 1. The number of aryl methyl sites for hydroxylation is 2. The Morgan fingerprint density at radius 3 is 2.68 bits per heavy atom. The van der Waals surface area contributed by atoms with Crippen molar-refractivity contribution in [3.8, 4) is 0 Å². The van der Waals surface area contributed by atoms with Crippen molar-refractivity contribution in [1.29, 1.82) is 0 Å². The van der Waals surface area contributed by atoms with Gasteiger partial charge in [0.15, 0.2) is 0 Å². The van der Waals surface area contributed by atoms with Crippen LogP contribution >= 0.6 is 0 Å². The number of likely N-dealkylation sites (N-methyl/N-ethyl adjacent to an activating group) is 1. The summed E-state index contributed by atoms with van der Waals surface area (Å²) >= 11 is 0. The van der Waals surface area contributed by atoms with E-state index in [1.807, 2.05) is 11.7 Å². The summed E-state index contributed by atoms with van der Waals surface area (Å²) in [6.07, 6.45) is 7.50. The monoisotopic (exact) mass is 264 g/mol. The van der Waals surface area contributed by atoms with Crippen LogP contribution in [-0.2, 0) is 7.05 Å². The smallest absolute Gasteiger partial charge is 0.0641 e. The zero-order chi connectivity index (χ0) is 14.0. The van der Waals surface area contributed by atoms with Crippen molar-refractivity contribution in [3.63, 3.8) is 0 Å². The summed E-state index contributed by atoms with van der Waals surface area (Å²) in [6.45, 7) is 5.12. The molecule has 19 heavy (non-hydrogen) atoms. The Morgan fingerprint density at radius 1 is 1.47 bits per heavy atom. The molecule has 0 spiro atoms. The Balaban J connectivity index is 2.18. The van der Waals surface area contributed by atoms with Crippen LogP contribution in [0.15, 0.2) is 6.20 Å².